The fourth-order valence-corrected chi connectivity index (χ4v) is 3.35. The summed E-state index contributed by atoms with van der Waals surface area (Å²) in [5, 5.41) is 8.98. The number of carbonyl (C=O) groups excluding carboxylic acids is 1. The Morgan fingerprint density at radius 1 is 1.42 bits per heavy atom. The van der Waals surface area contributed by atoms with Crippen molar-refractivity contribution in [3.05, 3.63) is 29.3 Å². The van der Waals surface area contributed by atoms with Crippen LogP contribution in [-0.2, 0) is 15.7 Å². The molecule has 0 radical (unpaired) electrons. The van der Waals surface area contributed by atoms with Crippen LogP contribution in [-0.4, -0.2) is 41.7 Å². The quantitative estimate of drug-likeness (QED) is 0.724. The van der Waals surface area contributed by atoms with Gasteiger partial charge in [-0.1, -0.05) is 0 Å². The number of carbonyl (C=O) groups is 1. The van der Waals surface area contributed by atoms with Crippen molar-refractivity contribution in [3.63, 3.8) is 0 Å². The standard InChI is InChI=1S/C15H12F3N3O2S/c1-20-13(24)21(12(22)14(20)4-5-23-8-14)10-3-2-9(7-19)11(6-10)15(16,17)18/h2-3,6H,4-5,8H2,1H3/t14-/m1/s1. The van der Waals surface area contributed by atoms with Crippen LogP contribution >= 0.6 is 12.2 Å². The molecule has 5 nitrogen and oxygen atoms in total. The van der Waals surface area contributed by atoms with Crippen LogP contribution in [0.2, 0.25) is 0 Å². The maximum atomic E-state index is 13.1. The van der Waals surface area contributed by atoms with Gasteiger partial charge in [0.05, 0.1) is 29.5 Å². The number of thiocarbonyl (C=S) groups is 1. The molecule has 2 fully saturated rings. The zero-order valence-electron chi connectivity index (χ0n) is 12.6. The predicted octanol–water partition coefficient (Wildman–Crippen LogP) is 2.30. The molecule has 0 unspecified atom stereocenters. The Bertz CT molecular complexity index is 766. The number of nitriles is 1. The van der Waals surface area contributed by atoms with Crippen LogP contribution in [0.4, 0.5) is 18.9 Å². The number of nitrogens with zero attached hydrogens (tertiary/aromatic N) is 3. The number of anilines is 1. The Hall–Kier alpha value is -2.18. The number of hydrogen-bond donors (Lipinski definition) is 0. The fourth-order valence-electron chi connectivity index (χ4n) is 2.99. The summed E-state index contributed by atoms with van der Waals surface area (Å²) in [6, 6.07) is 4.63. The van der Waals surface area contributed by atoms with E-state index in [2.05, 4.69) is 0 Å². The normalized spacial score (nSPS) is 24.1. The first kappa shape index (κ1) is 16.7. The van der Waals surface area contributed by atoms with E-state index >= 15 is 0 Å². The van der Waals surface area contributed by atoms with Crippen molar-refractivity contribution in [1.82, 2.24) is 4.90 Å². The maximum Gasteiger partial charge on any atom is 0.417 e. The summed E-state index contributed by atoms with van der Waals surface area (Å²) >= 11 is 5.26. The number of amides is 1. The third-order valence-corrected chi connectivity index (χ3v) is 4.87. The number of likely N-dealkylation sites (N-methyl/N-ethyl adjacent to an activating group) is 1. The molecule has 0 N–H and O–H groups in total. The van der Waals surface area contributed by atoms with Crippen LogP contribution in [0.25, 0.3) is 0 Å². The lowest BCUT2D eigenvalue weighted by atomic mass is 9.97. The van der Waals surface area contributed by atoms with E-state index in [1.54, 1.807) is 11.9 Å². The van der Waals surface area contributed by atoms with Gasteiger partial charge in [-0.05, 0) is 30.4 Å². The van der Waals surface area contributed by atoms with E-state index in [1.165, 1.54) is 12.1 Å². The lowest BCUT2D eigenvalue weighted by Gasteiger charge is -2.26. The summed E-state index contributed by atoms with van der Waals surface area (Å²) in [6.07, 6.45) is -4.28. The Kier molecular flexibility index (Phi) is 3.77. The van der Waals surface area contributed by atoms with Gasteiger partial charge in [0.25, 0.3) is 5.91 Å². The van der Waals surface area contributed by atoms with Gasteiger partial charge < -0.3 is 9.64 Å². The van der Waals surface area contributed by atoms with E-state index < -0.39 is 28.7 Å². The van der Waals surface area contributed by atoms with Crippen molar-refractivity contribution < 1.29 is 22.7 Å². The van der Waals surface area contributed by atoms with Crippen molar-refractivity contribution in [1.29, 1.82) is 5.26 Å². The second kappa shape index (κ2) is 5.43. The van der Waals surface area contributed by atoms with Crippen molar-refractivity contribution in [2.75, 3.05) is 25.2 Å². The molecule has 0 saturated carbocycles. The van der Waals surface area contributed by atoms with Crippen molar-refractivity contribution in [3.8, 4) is 6.07 Å². The Morgan fingerprint density at radius 2 is 2.12 bits per heavy atom. The minimum absolute atomic E-state index is 0.00745. The monoisotopic (exact) mass is 355 g/mol. The van der Waals surface area contributed by atoms with E-state index in [0.717, 1.165) is 17.0 Å². The SMILES string of the molecule is CN1C(=S)N(c2ccc(C#N)c(C(F)(F)F)c2)C(=O)[C@]12CCOC2. The second-order valence-corrected chi connectivity index (χ2v) is 6.02. The van der Waals surface area contributed by atoms with Gasteiger partial charge in [-0.3, -0.25) is 9.69 Å². The van der Waals surface area contributed by atoms with Gasteiger partial charge in [0.1, 0.15) is 5.54 Å². The molecule has 3 rings (SSSR count). The van der Waals surface area contributed by atoms with Crippen LogP contribution in [0.5, 0.6) is 0 Å². The lowest BCUT2D eigenvalue weighted by molar-refractivity contribution is -0.137. The van der Waals surface area contributed by atoms with Gasteiger partial charge in [0.2, 0.25) is 0 Å². The molecular formula is C15H12F3N3O2S. The Morgan fingerprint density at radius 3 is 2.67 bits per heavy atom. The summed E-state index contributed by atoms with van der Waals surface area (Å²) in [5.41, 5.74) is -2.57. The molecule has 126 valence electrons. The van der Waals surface area contributed by atoms with E-state index in [9.17, 15) is 18.0 Å². The number of halogens is 3. The summed E-state index contributed by atoms with van der Waals surface area (Å²) in [4.78, 5) is 15.5. The molecule has 1 aromatic rings. The smallest absolute Gasteiger partial charge is 0.378 e. The first-order valence-corrected chi connectivity index (χ1v) is 7.44. The van der Waals surface area contributed by atoms with Crippen LogP contribution in [0.3, 0.4) is 0 Å². The first-order valence-electron chi connectivity index (χ1n) is 7.04. The molecule has 1 spiro atoms. The van der Waals surface area contributed by atoms with E-state index in [4.69, 9.17) is 22.2 Å². The van der Waals surface area contributed by atoms with E-state index in [1.807, 2.05) is 0 Å². The van der Waals surface area contributed by atoms with Gasteiger partial charge in [-0.15, -0.1) is 0 Å². The lowest BCUT2D eigenvalue weighted by Crippen LogP contribution is -2.48. The third kappa shape index (κ3) is 2.25. The molecule has 2 aliphatic heterocycles. The minimum Gasteiger partial charge on any atom is -0.378 e. The highest BCUT2D eigenvalue weighted by Crippen LogP contribution is 2.39. The Labute approximate surface area is 141 Å². The zero-order chi connectivity index (χ0) is 17.7. The first-order chi connectivity index (χ1) is 11.2. The molecule has 2 heterocycles. The summed E-state index contributed by atoms with van der Waals surface area (Å²) in [5.74, 6) is -0.412. The van der Waals surface area contributed by atoms with Crippen LogP contribution in [0, 0.1) is 11.3 Å². The molecule has 2 saturated heterocycles. The average molecular weight is 355 g/mol. The molecule has 1 atom stereocenters. The van der Waals surface area contributed by atoms with Crippen LogP contribution < -0.4 is 4.90 Å². The number of ether oxygens (including phenoxy) is 1. The minimum atomic E-state index is -4.70. The maximum absolute atomic E-state index is 13.1. The number of rotatable bonds is 1. The highest BCUT2D eigenvalue weighted by atomic mass is 32.1. The zero-order valence-corrected chi connectivity index (χ0v) is 13.4. The topological polar surface area (TPSA) is 56.6 Å². The highest BCUT2D eigenvalue weighted by molar-refractivity contribution is 7.80. The summed E-state index contributed by atoms with van der Waals surface area (Å²) < 4.78 is 44.7. The summed E-state index contributed by atoms with van der Waals surface area (Å²) in [6.45, 7) is 0.523. The van der Waals surface area contributed by atoms with Crippen LogP contribution in [0.1, 0.15) is 17.5 Å². The van der Waals surface area contributed by atoms with Crippen molar-refractivity contribution in [2.45, 2.75) is 18.1 Å². The van der Waals surface area contributed by atoms with Gasteiger partial charge in [0.15, 0.2) is 5.11 Å². The van der Waals surface area contributed by atoms with Gasteiger partial charge in [-0.25, -0.2) is 0 Å². The third-order valence-electron chi connectivity index (χ3n) is 4.41. The molecule has 2 aliphatic rings. The largest absolute Gasteiger partial charge is 0.417 e. The van der Waals surface area contributed by atoms with Gasteiger partial charge in [-0.2, -0.15) is 18.4 Å². The van der Waals surface area contributed by atoms with E-state index in [-0.39, 0.29) is 17.4 Å². The average Bonchev–Trinajstić information content (AvgIpc) is 3.09. The molecule has 24 heavy (non-hydrogen) atoms. The van der Waals surface area contributed by atoms with Gasteiger partial charge >= 0.3 is 6.18 Å². The van der Waals surface area contributed by atoms with E-state index in [0.29, 0.717) is 13.0 Å². The number of hydrogen-bond acceptors (Lipinski definition) is 4. The molecule has 0 aliphatic carbocycles. The molecule has 1 aromatic carbocycles. The highest BCUT2D eigenvalue weighted by Gasteiger charge is 2.56. The molecule has 9 heteroatoms. The molecule has 1 amide bonds. The fraction of sp³-hybridized carbons (Fsp3) is 0.400. The van der Waals surface area contributed by atoms with Crippen molar-refractivity contribution >= 4 is 28.9 Å². The number of alkyl halides is 3. The van der Waals surface area contributed by atoms with Crippen molar-refractivity contribution in [2.24, 2.45) is 0 Å². The molecule has 0 aromatic heterocycles. The predicted molar refractivity (Wildman–Crippen MR) is 82.2 cm³/mol. The molecule has 0 bridgehead atoms. The number of benzene rings is 1. The summed E-state index contributed by atoms with van der Waals surface area (Å²) in [7, 11) is 1.63. The second-order valence-electron chi connectivity index (χ2n) is 5.66. The Balaban J connectivity index is 2.08. The van der Waals surface area contributed by atoms with Crippen LogP contribution in [0.15, 0.2) is 18.2 Å². The van der Waals surface area contributed by atoms with Gasteiger partial charge in [0, 0.05) is 20.1 Å². The molecular weight excluding hydrogens is 343 g/mol.